The Morgan fingerprint density at radius 3 is 2.48 bits per heavy atom. The summed E-state index contributed by atoms with van der Waals surface area (Å²) in [5.41, 5.74) is 1.31. The van der Waals surface area contributed by atoms with E-state index in [1.165, 1.54) is 5.56 Å². The highest BCUT2D eigenvalue weighted by Gasteiger charge is 2.05. The first kappa shape index (κ1) is 18.0. The smallest absolute Gasteiger partial charge is 0.119 e. The van der Waals surface area contributed by atoms with Gasteiger partial charge in [-0.25, -0.2) is 0 Å². The predicted octanol–water partition coefficient (Wildman–Crippen LogP) is 2.39. The lowest BCUT2D eigenvalue weighted by Crippen LogP contribution is -2.25. The van der Waals surface area contributed by atoms with Gasteiger partial charge in [0.05, 0.1) is 6.61 Å². The number of nitrogens with one attached hydrogen (secondary N) is 1. The monoisotopic (exact) mass is 295 g/mol. The molecule has 0 radical (unpaired) electrons. The fourth-order valence-corrected chi connectivity index (χ4v) is 2.08. The van der Waals surface area contributed by atoms with Crippen LogP contribution in [-0.4, -0.2) is 43.6 Å². The molecule has 1 aromatic carbocycles. The number of rotatable bonds is 11. The van der Waals surface area contributed by atoms with Crippen LogP contribution < -0.4 is 10.1 Å². The average molecular weight is 295 g/mol. The van der Waals surface area contributed by atoms with Crippen molar-refractivity contribution in [1.29, 1.82) is 0 Å². The number of aliphatic hydroxyl groups is 1. The standard InChI is InChI=1S/C17H29NO3/c1-4-18-14(3)6-7-15-8-10-17(11-9-15)21-13-16(19)12-20-5-2/h8-11,14,16,18-19H,4-7,12-13H2,1-3H3. The fraction of sp³-hybridized carbons (Fsp3) is 0.647. The fourth-order valence-electron chi connectivity index (χ4n) is 2.08. The number of aryl methyl sites for hydroxylation is 1. The largest absolute Gasteiger partial charge is 0.491 e. The molecule has 0 amide bonds. The van der Waals surface area contributed by atoms with E-state index in [1.807, 2.05) is 19.1 Å². The van der Waals surface area contributed by atoms with Crippen LogP contribution in [0.1, 0.15) is 32.8 Å². The second-order valence-electron chi connectivity index (χ2n) is 5.27. The molecule has 0 saturated carbocycles. The van der Waals surface area contributed by atoms with Crippen molar-refractivity contribution in [3.63, 3.8) is 0 Å². The molecule has 120 valence electrons. The molecule has 2 N–H and O–H groups in total. The van der Waals surface area contributed by atoms with E-state index in [-0.39, 0.29) is 6.61 Å². The molecule has 2 atom stereocenters. The van der Waals surface area contributed by atoms with Gasteiger partial charge in [-0.1, -0.05) is 19.1 Å². The highest BCUT2D eigenvalue weighted by Crippen LogP contribution is 2.14. The van der Waals surface area contributed by atoms with Gasteiger partial charge < -0.3 is 19.9 Å². The lowest BCUT2D eigenvalue weighted by Gasteiger charge is -2.13. The van der Waals surface area contributed by atoms with Gasteiger partial charge in [-0.3, -0.25) is 0 Å². The maximum atomic E-state index is 9.64. The van der Waals surface area contributed by atoms with E-state index in [0.29, 0.717) is 19.3 Å². The molecule has 2 unspecified atom stereocenters. The zero-order valence-electron chi connectivity index (χ0n) is 13.5. The van der Waals surface area contributed by atoms with Crippen molar-refractivity contribution in [3.05, 3.63) is 29.8 Å². The zero-order chi connectivity index (χ0) is 15.5. The van der Waals surface area contributed by atoms with Crippen molar-refractivity contribution in [2.75, 3.05) is 26.4 Å². The molecule has 0 bridgehead atoms. The number of aliphatic hydroxyl groups excluding tert-OH is 1. The topological polar surface area (TPSA) is 50.7 Å². The molecule has 0 aliphatic heterocycles. The van der Waals surface area contributed by atoms with Crippen molar-refractivity contribution in [2.45, 2.75) is 45.8 Å². The van der Waals surface area contributed by atoms with Gasteiger partial charge in [0.1, 0.15) is 18.5 Å². The minimum absolute atomic E-state index is 0.261. The van der Waals surface area contributed by atoms with E-state index >= 15 is 0 Å². The molecule has 1 rings (SSSR count). The second kappa shape index (κ2) is 10.6. The van der Waals surface area contributed by atoms with E-state index in [1.54, 1.807) is 0 Å². The number of hydrogen-bond donors (Lipinski definition) is 2. The third kappa shape index (κ3) is 8.05. The summed E-state index contributed by atoms with van der Waals surface area (Å²) < 4.78 is 10.7. The van der Waals surface area contributed by atoms with Crippen LogP contribution in [0.25, 0.3) is 0 Å². The summed E-state index contributed by atoms with van der Waals surface area (Å²) in [5.74, 6) is 0.786. The molecular weight excluding hydrogens is 266 g/mol. The minimum atomic E-state index is -0.578. The molecule has 1 aromatic rings. The molecule has 0 fully saturated rings. The maximum Gasteiger partial charge on any atom is 0.119 e. The first-order chi connectivity index (χ1) is 10.2. The lowest BCUT2D eigenvalue weighted by atomic mass is 10.1. The number of benzene rings is 1. The highest BCUT2D eigenvalue weighted by atomic mass is 16.5. The molecule has 0 spiro atoms. The van der Waals surface area contributed by atoms with Crippen LogP contribution in [0.15, 0.2) is 24.3 Å². The summed E-state index contributed by atoms with van der Waals surface area (Å²) in [5, 5.41) is 13.0. The minimum Gasteiger partial charge on any atom is -0.491 e. The van der Waals surface area contributed by atoms with E-state index in [2.05, 4.69) is 31.3 Å². The normalized spacial score (nSPS) is 13.9. The van der Waals surface area contributed by atoms with Gasteiger partial charge in [0.15, 0.2) is 0 Å². The maximum absolute atomic E-state index is 9.64. The van der Waals surface area contributed by atoms with E-state index in [4.69, 9.17) is 9.47 Å². The molecule has 21 heavy (non-hydrogen) atoms. The van der Waals surface area contributed by atoms with Crippen LogP contribution in [-0.2, 0) is 11.2 Å². The van der Waals surface area contributed by atoms with E-state index in [9.17, 15) is 5.11 Å². The summed E-state index contributed by atoms with van der Waals surface area (Å²) in [6, 6.07) is 8.63. The van der Waals surface area contributed by atoms with Crippen LogP contribution in [0.2, 0.25) is 0 Å². The number of ether oxygens (including phenoxy) is 2. The Hall–Kier alpha value is -1.10. The van der Waals surface area contributed by atoms with Gasteiger partial charge in [0, 0.05) is 12.6 Å². The van der Waals surface area contributed by atoms with Gasteiger partial charge in [-0.15, -0.1) is 0 Å². The van der Waals surface area contributed by atoms with Gasteiger partial charge in [-0.05, 0) is 50.9 Å². The third-order valence-electron chi connectivity index (χ3n) is 3.30. The van der Waals surface area contributed by atoms with Crippen molar-refractivity contribution >= 4 is 0 Å². The van der Waals surface area contributed by atoms with Crippen molar-refractivity contribution < 1.29 is 14.6 Å². The predicted molar refractivity (Wildman–Crippen MR) is 85.9 cm³/mol. The Labute approximate surface area is 128 Å². The zero-order valence-corrected chi connectivity index (χ0v) is 13.5. The summed E-state index contributed by atoms with van der Waals surface area (Å²) >= 11 is 0. The van der Waals surface area contributed by atoms with Gasteiger partial charge in [0.2, 0.25) is 0 Å². The third-order valence-corrected chi connectivity index (χ3v) is 3.30. The van der Waals surface area contributed by atoms with Crippen molar-refractivity contribution in [3.8, 4) is 5.75 Å². The summed E-state index contributed by atoms with van der Waals surface area (Å²) in [7, 11) is 0. The lowest BCUT2D eigenvalue weighted by molar-refractivity contribution is 0.0164. The van der Waals surface area contributed by atoms with Crippen molar-refractivity contribution in [1.82, 2.24) is 5.32 Å². The summed E-state index contributed by atoms with van der Waals surface area (Å²) in [6.07, 6.45) is 1.60. The Morgan fingerprint density at radius 2 is 1.86 bits per heavy atom. The van der Waals surface area contributed by atoms with Crippen LogP contribution >= 0.6 is 0 Å². The molecule has 0 heterocycles. The molecule has 0 aliphatic rings. The molecule has 0 saturated heterocycles. The quantitative estimate of drug-likeness (QED) is 0.658. The Balaban J connectivity index is 2.29. The van der Waals surface area contributed by atoms with Crippen molar-refractivity contribution in [2.24, 2.45) is 0 Å². The highest BCUT2D eigenvalue weighted by molar-refractivity contribution is 5.27. The van der Waals surface area contributed by atoms with Gasteiger partial charge in [-0.2, -0.15) is 0 Å². The van der Waals surface area contributed by atoms with E-state index < -0.39 is 6.10 Å². The summed E-state index contributed by atoms with van der Waals surface area (Å²) in [6.45, 7) is 8.44. The first-order valence-electron chi connectivity index (χ1n) is 7.86. The van der Waals surface area contributed by atoms with E-state index in [0.717, 1.165) is 25.1 Å². The number of hydrogen-bond acceptors (Lipinski definition) is 4. The molecular formula is C17H29NO3. The van der Waals surface area contributed by atoms with Gasteiger partial charge in [0.25, 0.3) is 0 Å². The summed E-state index contributed by atoms with van der Waals surface area (Å²) in [4.78, 5) is 0. The Morgan fingerprint density at radius 1 is 1.14 bits per heavy atom. The van der Waals surface area contributed by atoms with Crippen LogP contribution in [0.4, 0.5) is 0 Å². The van der Waals surface area contributed by atoms with Gasteiger partial charge >= 0.3 is 0 Å². The average Bonchev–Trinajstić information content (AvgIpc) is 2.50. The van der Waals surface area contributed by atoms with Crippen LogP contribution in [0.3, 0.4) is 0 Å². The molecule has 0 aliphatic carbocycles. The SMILES string of the molecule is CCNC(C)CCc1ccc(OCC(O)COCC)cc1. The second-order valence-corrected chi connectivity index (χ2v) is 5.27. The first-order valence-corrected chi connectivity index (χ1v) is 7.86. The van der Waals surface area contributed by atoms with Crippen LogP contribution in [0.5, 0.6) is 5.75 Å². The Bertz CT molecular complexity index is 367. The molecule has 4 nitrogen and oxygen atoms in total. The Kier molecular flexibility index (Phi) is 9.06. The molecule has 0 aromatic heterocycles. The van der Waals surface area contributed by atoms with Crippen LogP contribution in [0, 0.1) is 0 Å². The molecule has 4 heteroatoms.